The summed E-state index contributed by atoms with van der Waals surface area (Å²) >= 11 is 0. The Morgan fingerprint density at radius 1 is 0.972 bits per heavy atom. The van der Waals surface area contributed by atoms with Gasteiger partial charge in [-0.15, -0.1) is 0 Å². The lowest BCUT2D eigenvalue weighted by Gasteiger charge is -2.23. The van der Waals surface area contributed by atoms with Crippen molar-refractivity contribution in [1.29, 1.82) is 0 Å². The van der Waals surface area contributed by atoms with E-state index in [9.17, 15) is 19.5 Å². The van der Waals surface area contributed by atoms with Crippen molar-refractivity contribution in [1.82, 2.24) is 5.32 Å². The topological polar surface area (TPSA) is 114 Å². The van der Waals surface area contributed by atoms with Crippen LogP contribution in [0.5, 0.6) is 0 Å². The van der Waals surface area contributed by atoms with Crippen LogP contribution < -0.4 is 10.6 Å². The maximum Gasteiger partial charge on any atom is 0.412 e. The summed E-state index contributed by atoms with van der Waals surface area (Å²) < 4.78 is 10.6. The molecule has 36 heavy (non-hydrogen) atoms. The molecule has 0 saturated carbocycles. The first-order valence-corrected chi connectivity index (χ1v) is 15.7. The molecular formula is C27H38N2O6Si. The molecule has 1 unspecified atom stereocenters. The van der Waals surface area contributed by atoms with E-state index in [0.717, 1.165) is 22.7 Å². The van der Waals surface area contributed by atoms with Crippen LogP contribution in [-0.2, 0) is 33.7 Å². The van der Waals surface area contributed by atoms with Gasteiger partial charge in [-0.1, -0.05) is 68.1 Å². The van der Waals surface area contributed by atoms with Gasteiger partial charge < -0.3 is 19.9 Å². The number of anilines is 1. The number of benzene rings is 2. The Morgan fingerprint density at radius 3 is 2.22 bits per heavy atom. The Hall–Kier alpha value is -3.33. The first-order chi connectivity index (χ1) is 16.7. The minimum atomic E-state index is -1.44. The second kappa shape index (κ2) is 12.6. The Bertz CT molecular complexity index is 1040. The number of hydrogen-bond acceptors (Lipinski definition) is 5. The van der Waals surface area contributed by atoms with Crippen LogP contribution in [0, 0.1) is 0 Å². The van der Waals surface area contributed by atoms with Crippen LogP contribution in [0.1, 0.15) is 37.5 Å². The Balaban J connectivity index is 2.22. The predicted molar refractivity (Wildman–Crippen MR) is 143 cm³/mol. The number of carboxylic acid groups (broad SMARTS) is 1. The van der Waals surface area contributed by atoms with Crippen molar-refractivity contribution in [3.63, 3.8) is 0 Å². The minimum Gasteiger partial charge on any atom is -0.480 e. The van der Waals surface area contributed by atoms with Gasteiger partial charge in [0.2, 0.25) is 0 Å². The number of ether oxygens (including phenoxy) is 2. The Kier molecular flexibility index (Phi) is 10.1. The Labute approximate surface area is 214 Å². The van der Waals surface area contributed by atoms with Gasteiger partial charge in [-0.05, 0) is 49.9 Å². The largest absolute Gasteiger partial charge is 0.480 e. The molecule has 0 saturated heterocycles. The van der Waals surface area contributed by atoms with Crippen LogP contribution in [-0.4, -0.2) is 43.0 Å². The first-order valence-electron chi connectivity index (χ1n) is 12.0. The van der Waals surface area contributed by atoms with Crippen LogP contribution in [0.4, 0.5) is 15.3 Å². The molecule has 1 atom stereocenters. The second-order valence-electron chi connectivity index (χ2n) is 10.9. The number of carbonyl (C=O) groups is 3. The molecule has 0 aliphatic heterocycles. The van der Waals surface area contributed by atoms with Gasteiger partial charge in [-0.25, -0.2) is 14.4 Å². The van der Waals surface area contributed by atoms with Crippen molar-refractivity contribution >= 4 is 31.9 Å². The molecule has 0 aliphatic rings. The highest BCUT2D eigenvalue weighted by Crippen LogP contribution is 2.26. The number of amides is 2. The molecule has 2 amide bonds. The molecule has 0 aliphatic carbocycles. The van der Waals surface area contributed by atoms with Crippen LogP contribution >= 0.6 is 0 Å². The fraction of sp³-hybridized carbons (Fsp3) is 0.444. The molecule has 0 heterocycles. The third kappa shape index (κ3) is 10.5. The van der Waals surface area contributed by atoms with E-state index in [1.54, 1.807) is 32.9 Å². The predicted octanol–water partition coefficient (Wildman–Crippen LogP) is 5.84. The van der Waals surface area contributed by atoms with E-state index in [1.165, 1.54) is 0 Å². The van der Waals surface area contributed by atoms with Crippen molar-refractivity contribution in [2.24, 2.45) is 0 Å². The maximum atomic E-state index is 12.5. The highest BCUT2D eigenvalue weighted by molar-refractivity contribution is 6.76. The quantitative estimate of drug-likeness (QED) is 0.343. The summed E-state index contributed by atoms with van der Waals surface area (Å²) in [7, 11) is -1.44. The lowest BCUT2D eigenvalue weighted by Crippen LogP contribution is -2.42. The molecule has 2 aromatic carbocycles. The average molecular weight is 515 g/mol. The zero-order valence-corrected chi connectivity index (χ0v) is 23.0. The number of carboxylic acids is 1. The molecule has 0 radical (unpaired) electrons. The average Bonchev–Trinajstić information content (AvgIpc) is 2.75. The van der Waals surface area contributed by atoms with Gasteiger partial charge in [-0.2, -0.15) is 0 Å². The van der Waals surface area contributed by atoms with Crippen LogP contribution in [0.15, 0.2) is 48.5 Å². The third-order valence-electron chi connectivity index (χ3n) is 5.26. The lowest BCUT2D eigenvalue weighted by molar-refractivity contribution is -0.139. The Morgan fingerprint density at radius 2 is 1.64 bits per heavy atom. The minimum absolute atomic E-state index is 0.0375. The number of hydrogen-bond donors (Lipinski definition) is 3. The van der Waals surface area contributed by atoms with Gasteiger partial charge in [-0.3, -0.25) is 5.32 Å². The second-order valence-corrected chi connectivity index (χ2v) is 16.6. The van der Waals surface area contributed by atoms with E-state index in [1.807, 2.05) is 36.4 Å². The van der Waals surface area contributed by atoms with E-state index in [-0.39, 0.29) is 13.0 Å². The number of nitrogens with one attached hydrogen (secondary N) is 2. The molecule has 0 fully saturated rings. The SMILES string of the molecule is CC(C)(C)OC(=O)Nc1cccc(CC(NC(=O)OCc2ccccc2)C(=O)O)c1CC[Si](C)(C)C. The number of aliphatic carboxylic acids is 1. The summed E-state index contributed by atoms with van der Waals surface area (Å²) in [5.41, 5.74) is 2.30. The fourth-order valence-corrected chi connectivity index (χ4v) is 4.48. The monoisotopic (exact) mass is 514 g/mol. The van der Waals surface area contributed by atoms with Gasteiger partial charge in [0, 0.05) is 20.2 Å². The van der Waals surface area contributed by atoms with Gasteiger partial charge in [0.1, 0.15) is 18.2 Å². The molecule has 2 aromatic rings. The van der Waals surface area contributed by atoms with Gasteiger partial charge in [0.15, 0.2) is 0 Å². The van der Waals surface area contributed by atoms with E-state index in [2.05, 4.69) is 30.3 Å². The summed E-state index contributed by atoms with van der Waals surface area (Å²) in [6.45, 7) is 12.2. The molecular weight excluding hydrogens is 476 g/mol. The first kappa shape index (κ1) is 28.9. The van der Waals surface area contributed by atoms with E-state index < -0.39 is 37.9 Å². The molecule has 9 heteroatoms. The van der Waals surface area contributed by atoms with Gasteiger partial charge >= 0.3 is 18.2 Å². The number of carbonyl (C=O) groups excluding carboxylic acids is 2. The third-order valence-corrected chi connectivity index (χ3v) is 7.01. The number of alkyl carbamates (subject to hydrolysis) is 1. The zero-order valence-electron chi connectivity index (χ0n) is 22.0. The molecule has 196 valence electrons. The smallest absolute Gasteiger partial charge is 0.412 e. The van der Waals surface area contributed by atoms with Crippen LogP contribution in [0.3, 0.4) is 0 Å². The summed E-state index contributed by atoms with van der Waals surface area (Å²) in [6.07, 6.45) is -0.674. The van der Waals surface area contributed by atoms with Crippen LogP contribution in [0.25, 0.3) is 0 Å². The van der Waals surface area contributed by atoms with Crippen molar-refractivity contribution in [3.8, 4) is 0 Å². The normalized spacial score (nSPS) is 12.4. The molecule has 8 nitrogen and oxygen atoms in total. The fourth-order valence-electron chi connectivity index (χ4n) is 3.48. The molecule has 0 spiro atoms. The highest BCUT2D eigenvalue weighted by atomic mass is 28.3. The van der Waals surface area contributed by atoms with E-state index >= 15 is 0 Å². The van der Waals surface area contributed by atoms with Crippen molar-refractivity contribution in [3.05, 3.63) is 65.2 Å². The van der Waals surface area contributed by atoms with Crippen molar-refractivity contribution in [2.45, 2.75) is 77.5 Å². The van der Waals surface area contributed by atoms with Crippen molar-refractivity contribution in [2.75, 3.05) is 5.32 Å². The van der Waals surface area contributed by atoms with E-state index in [4.69, 9.17) is 9.47 Å². The summed E-state index contributed by atoms with van der Waals surface area (Å²) in [4.78, 5) is 36.8. The van der Waals surface area contributed by atoms with Crippen LogP contribution in [0.2, 0.25) is 25.7 Å². The zero-order chi connectivity index (χ0) is 26.9. The standard InChI is InChI=1S/C27H38N2O6Si/c1-27(2,3)35-26(33)28-22-14-10-13-20(21(22)15-16-36(4,5)6)17-23(24(30)31)29-25(32)34-18-19-11-8-7-9-12-19/h7-14,23H,15-18H2,1-6H3,(H,28,33)(H,29,32)(H,30,31). The molecule has 0 bridgehead atoms. The molecule has 3 N–H and O–H groups in total. The molecule has 2 rings (SSSR count). The summed E-state index contributed by atoms with van der Waals surface area (Å²) in [5.74, 6) is -1.17. The lowest BCUT2D eigenvalue weighted by atomic mass is 9.97. The highest BCUT2D eigenvalue weighted by Gasteiger charge is 2.25. The maximum absolute atomic E-state index is 12.5. The summed E-state index contributed by atoms with van der Waals surface area (Å²) in [5, 5.41) is 15.1. The van der Waals surface area contributed by atoms with E-state index in [0.29, 0.717) is 12.1 Å². The summed E-state index contributed by atoms with van der Waals surface area (Å²) in [6, 6.07) is 14.3. The van der Waals surface area contributed by atoms with Crippen molar-refractivity contribution < 1.29 is 29.0 Å². The number of rotatable bonds is 10. The van der Waals surface area contributed by atoms with Gasteiger partial charge in [0.25, 0.3) is 0 Å². The van der Waals surface area contributed by atoms with Gasteiger partial charge in [0.05, 0.1) is 0 Å². The molecule has 0 aromatic heterocycles.